The van der Waals surface area contributed by atoms with Crippen LogP contribution in [0.1, 0.15) is 54.2 Å². The summed E-state index contributed by atoms with van der Waals surface area (Å²) in [5.74, 6) is 1.29. The largest absolute Gasteiger partial charge is 0.461 e. The molecule has 0 amide bonds. The van der Waals surface area contributed by atoms with Crippen LogP contribution in [-0.2, 0) is 12.8 Å². The molecule has 0 aliphatic heterocycles. The topological polar surface area (TPSA) is 49.7 Å². The lowest BCUT2D eigenvalue weighted by atomic mass is 9.83. The molecule has 2 N–H and O–H groups in total. The van der Waals surface area contributed by atoms with Crippen molar-refractivity contribution in [3.05, 3.63) is 125 Å². The van der Waals surface area contributed by atoms with Crippen molar-refractivity contribution >= 4 is 0 Å². The third-order valence-electron chi connectivity index (χ3n) is 7.19. The summed E-state index contributed by atoms with van der Waals surface area (Å²) in [6.07, 6.45) is 4.68. The molecule has 4 aromatic rings. The molecule has 0 bridgehead atoms. The van der Waals surface area contributed by atoms with E-state index in [-0.39, 0.29) is 6.10 Å². The van der Waals surface area contributed by atoms with Gasteiger partial charge in [-0.25, -0.2) is 0 Å². The third-order valence-corrected chi connectivity index (χ3v) is 7.19. The maximum absolute atomic E-state index is 10.7. The van der Waals surface area contributed by atoms with Crippen molar-refractivity contribution in [2.45, 2.75) is 50.9 Å². The van der Waals surface area contributed by atoms with Crippen molar-refractivity contribution < 1.29 is 14.9 Å². The lowest BCUT2D eigenvalue weighted by Crippen LogP contribution is -2.19. The van der Waals surface area contributed by atoms with Crippen LogP contribution in [0.15, 0.2) is 103 Å². The lowest BCUT2D eigenvalue weighted by molar-refractivity contribution is -0.0194. The molecule has 1 saturated carbocycles. The minimum absolute atomic E-state index is 0.117. The fourth-order valence-electron chi connectivity index (χ4n) is 5.15. The quantitative estimate of drug-likeness (QED) is 0.265. The van der Waals surface area contributed by atoms with Crippen LogP contribution in [0, 0.1) is 5.92 Å². The van der Waals surface area contributed by atoms with Gasteiger partial charge < -0.3 is 14.9 Å². The van der Waals surface area contributed by atoms with Crippen molar-refractivity contribution in [2.75, 3.05) is 0 Å². The first kappa shape index (κ1) is 24.3. The molecule has 184 valence electrons. The number of aliphatic hydroxyl groups excluding tert-OH is 2. The van der Waals surface area contributed by atoms with E-state index in [1.165, 1.54) is 22.3 Å². The van der Waals surface area contributed by atoms with Gasteiger partial charge >= 0.3 is 0 Å². The Kier molecular flexibility index (Phi) is 7.80. The first-order chi connectivity index (χ1) is 17.6. The number of ether oxygens (including phenoxy) is 1. The SMILES string of the molecule is OC1CCC(Cc2ccc(C(O)Oc3cccc(Cc4cccc(-c5ccccc5)c4)c3)cc2)CC1. The van der Waals surface area contributed by atoms with Crippen LogP contribution in [-0.4, -0.2) is 16.3 Å². The first-order valence-corrected chi connectivity index (χ1v) is 13.0. The van der Waals surface area contributed by atoms with E-state index in [0.29, 0.717) is 11.7 Å². The monoisotopic (exact) mass is 478 g/mol. The highest BCUT2D eigenvalue weighted by Crippen LogP contribution is 2.28. The Morgan fingerprint density at radius 3 is 2.08 bits per heavy atom. The second-order valence-corrected chi connectivity index (χ2v) is 9.98. The summed E-state index contributed by atoms with van der Waals surface area (Å²) < 4.78 is 5.90. The van der Waals surface area contributed by atoms with Gasteiger partial charge in [0.15, 0.2) is 0 Å². The van der Waals surface area contributed by atoms with E-state index < -0.39 is 6.29 Å². The summed E-state index contributed by atoms with van der Waals surface area (Å²) in [4.78, 5) is 0. The average Bonchev–Trinajstić information content (AvgIpc) is 2.91. The predicted octanol–water partition coefficient (Wildman–Crippen LogP) is 7.11. The number of aliphatic hydroxyl groups is 2. The Hall–Kier alpha value is -3.40. The highest BCUT2D eigenvalue weighted by molar-refractivity contribution is 5.64. The molecule has 0 spiro atoms. The second-order valence-electron chi connectivity index (χ2n) is 9.98. The van der Waals surface area contributed by atoms with Gasteiger partial charge in [0.05, 0.1) is 6.10 Å². The molecule has 1 aliphatic rings. The summed E-state index contributed by atoms with van der Waals surface area (Å²) in [5, 5.41) is 20.4. The zero-order chi connectivity index (χ0) is 24.7. The molecule has 1 unspecified atom stereocenters. The van der Waals surface area contributed by atoms with Gasteiger partial charge in [-0.3, -0.25) is 0 Å². The smallest absolute Gasteiger partial charge is 0.224 e. The fraction of sp³-hybridized carbons (Fsp3) is 0.273. The molecule has 1 aliphatic carbocycles. The molecule has 0 aromatic heterocycles. The molecule has 4 aromatic carbocycles. The molecule has 0 heterocycles. The van der Waals surface area contributed by atoms with E-state index in [2.05, 4.69) is 66.7 Å². The maximum Gasteiger partial charge on any atom is 0.224 e. The van der Waals surface area contributed by atoms with Crippen molar-refractivity contribution in [3.63, 3.8) is 0 Å². The molecule has 1 atom stereocenters. The van der Waals surface area contributed by atoms with Crippen LogP contribution < -0.4 is 4.74 Å². The van der Waals surface area contributed by atoms with Gasteiger partial charge in [-0.05, 0) is 84.4 Å². The summed E-state index contributed by atoms with van der Waals surface area (Å²) >= 11 is 0. The van der Waals surface area contributed by atoms with Crippen LogP contribution in [0.4, 0.5) is 0 Å². The standard InChI is InChI=1S/C33H34O3/c34-31-18-14-25(15-19-31)20-24-12-16-29(17-13-24)33(35)36-32-11-5-7-27(23-32)21-26-6-4-10-30(22-26)28-8-2-1-3-9-28/h1-13,16-17,22-23,25,31,33-35H,14-15,18-21H2. The Morgan fingerprint density at radius 1 is 0.667 bits per heavy atom. The molecule has 36 heavy (non-hydrogen) atoms. The van der Waals surface area contributed by atoms with Gasteiger partial charge in [0.2, 0.25) is 6.29 Å². The summed E-state index contributed by atoms with van der Waals surface area (Å²) in [7, 11) is 0. The molecule has 0 radical (unpaired) electrons. The normalized spacial score (nSPS) is 18.5. The van der Waals surface area contributed by atoms with Crippen molar-refractivity contribution in [3.8, 4) is 16.9 Å². The van der Waals surface area contributed by atoms with E-state index in [1.54, 1.807) is 0 Å². The first-order valence-electron chi connectivity index (χ1n) is 13.0. The second kappa shape index (κ2) is 11.6. The predicted molar refractivity (Wildman–Crippen MR) is 145 cm³/mol. The summed E-state index contributed by atoms with van der Waals surface area (Å²) in [6.45, 7) is 0. The van der Waals surface area contributed by atoms with Gasteiger partial charge in [-0.2, -0.15) is 0 Å². The number of rotatable bonds is 8. The molecule has 5 rings (SSSR count). The minimum atomic E-state index is -1.01. The van der Waals surface area contributed by atoms with E-state index in [1.807, 2.05) is 36.4 Å². The highest BCUT2D eigenvalue weighted by Gasteiger charge is 2.19. The van der Waals surface area contributed by atoms with Crippen LogP contribution in [0.25, 0.3) is 11.1 Å². The average molecular weight is 479 g/mol. The lowest BCUT2D eigenvalue weighted by Gasteiger charge is -2.25. The van der Waals surface area contributed by atoms with E-state index in [4.69, 9.17) is 4.74 Å². The van der Waals surface area contributed by atoms with Crippen LogP contribution >= 0.6 is 0 Å². The van der Waals surface area contributed by atoms with Gasteiger partial charge in [0, 0.05) is 5.56 Å². The van der Waals surface area contributed by atoms with E-state index in [9.17, 15) is 10.2 Å². The number of hydrogen-bond donors (Lipinski definition) is 2. The van der Waals surface area contributed by atoms with Gasteiger partial charge in [0.25, 0.3) is 0 Å². The van der Waals surface area contributed by atoms with Gasteiger partial charge in [-0.15, -0.1) is 0 Å². The number of hydrogen-bond acceptors (Lipinski definition) is 3. The van der Waals surface area contributed by atoms with E-state index in [0.717, 1.165) is 49.7 Å². The van der Waals surface area contributed by atoms with Crippen LogP contribution in [0.2, 0.25) is 0 Å². The molecule has 3 heteroatoms. The highest BCUT2D eigenvalue weighted by atomic mass is 16.6. The van der Waals surface area contributed by atoms with Crippen molar-refractivity contribution in [1.82, 2.24) is 0 Å². The Bertz CT molecular complexity index is 1240. The fourth-order valence-corrected chi connectivity index (χ4v) is 5.15. The third kappa shape index (κ3) is 6.42. The van der Waals surface area contributed by atoms with Crippen molar-refractivity contribution in [2.24, 2.45) is 5.92 Å². The Morgan fingerprint density at radius 2 is 1.33 bits per heavy atom. The zero-order valence-electron chi connectivity index (χ0n) is 20.6. The summed E-state index contributed by atoms with van der Waals surface area (Å²) in [6, 6.07) is 35.1. The Labute approximate surface area is 214 Å². The van der Waals surface area contributed by atoms with Crippen LogP contribution in [0.3, 0.4) is 0 Å². The Balaban J connectivity index is 1.20. The minimum Gasteiger partial charge on any atom is -0.461 e. The molecule has 3 nitrogen and oxygen atoms in total. The molecule has 0 saturated heterocycles. The van der Waals surface area contributed by atoms with Crippen LogP contribution in [0.5, 0.6) is 5.75 Å². The number of benzene rings is 4. The molecule has 1 fully saturated rings. The van der Waals surface area contributed by atoms with Gasteiger partial charge in [0.1, 0.15) is 5.75 Å². The summed E-state index contributed by atoms with van der Waals surface area (Å²) in [5.41, 5.74) is 6.81. The molecular weight excluding hydrogens is 444 g/mol. The zero-order valence-corrected chi connectivity index (χ0v) is 20.6. The van der Waals surface area contributed by atoms with Gasteiger partial charge in [-0.1, -0.05) is 91.0 Å². The van der Waals surface area contributed by atoms with Crippen molar-refractivity contribution in [1.29, 1.82) is 0 Å². The molecular formula is C33H34O3. The maximum atomic E-state index is 10.7. The van der Waals surface area contributed by atoms with E-state index >= 15 is 0 Å².